The molecule has 0 saturated heterocycles. The van der Waals surface area contributed by atoms with Crippen LogP contribution in [0.5, 0.6) is 0 Å². The van der Waals surface area contributed by atoms with Crippen LogP contribution in [0.25, 0.3) is 0 Å². The Balaban J connectivity index is 1.50. The molecule has 2 heterocycles. The lowest BCUT2D eigenvalue weighted by Gasteiger charge is -2.31. The summed E-state index contributed by atoms with van der Waals surface area (Å²) in [5, 5.41) is 2.98. The Morgan fingerprint density at radius 2 is 1.93 bits per heavy atom. The van der Waals surface area contributed by atoms with E-state index in [4.69, 9.17) is 0 Å². The van der Waals surface area contributed by atoms with E-state index in [2.05, 4.69) is 45.5 Å². The highest BCUT2D eigenvalue weighted by molar-refractivity contribution is 7.99. The van der Waals surface area contributed by atoms with Crippen molar-refractivity contribution >= 4 is 23.4 Å². The van der Waals surface area contributed by atoms with Crippen molar-refractivity contribution in [3.8, 4) is 0 Å². The number of rotatable bonds is 5. The highest BCUT2D eigenvalue weighted by Gasteiger charge is 2.19. The number of aromatic nitrogens is 1. The zero-order chi connectivity index (χ0) is 18.5. The van der Waals surface area contributed by atoms with Gasteiger partial charge in [-0.1, -0.05) is 36.4 Å². The zero-order valence-electron chi connectivity index (χ0n) is 15.0. The van der Waals surface area contributed by atoms with Gasteiger partial charge in [-0.3, -0.25) is 9.78 Å². The summed E-state index contributed by atoms with van der Waals surface area (Å²) in [5.74, 6) is 1.00. The molecule has 1 aromatic heterocycles. The quantitative estimate of drug-likeness (QED) is 0.728. The molecule has 2 aromatic carbocycles. The van der Waals surface area contributed by atoms with Crippen LogP contribution in [0.3, 0.4) is 0 Å². The van der Waals surface area contributed by atoms with Gasteiger partial charge in [-0.25, -0.2) is 0 Å². The minimum Gasteiger partial charge on any atom is -0.365 e. The second-order valence-electron chi connectivity index (χ2n) is 6.48. The number of nitrogens with one attached hydrogen (secondary N) is 1. The summed E-state index contributed by atoms with van der Waals surface area (Å²) in [6, 6.07) is 20.3. The Hall–Kier alpha value is -2.79. The normalized spacial score (nSPS) is 13.1. The third kappa shape index (κ3) is 4.31. The number of amides is 1. The number of anilines is 1. The van der Waals surface area contributed by atoms with Gasteiger partial charge in [-0.2, -0.15) is 0 Å². The minimum absolute atomic E-state index is 0.0584. The first-order valence-electron chi connectivity index (χ1n) is 9.02. The van der Waals surface area contributed by atoms with Crippen LogP contribution in [0.1, 0.15) is 21.5 Å². The van der Waals surface area contributed by atoms with Crippen LogP contribution in [0.2, 0.25) is 0 Å². The second-order valence-corrected chi connectivity index (χ2v) is 7.62. The molecule has 0 spiro atoms. The fraction of sp³-hybridized carbons (Fsp3) is 0.182. The van der Waals surface area contributed by atoms with E-state index >= 15 is 0 Å². The van der Waals surface area contributed by atoms with E-state index in [1.54, 1.807) is 12.4 Å². The fourth-order valence-corrected chi connectivity index (χ4v) is 4.20. The topological polar surface area (TPSA) is 45.2 Å². The molecule has 5 heteroatoms. The average molecular weight is 375 g/mol. The van der Waals surface area contributed by atoms with Crippen LogP contribution in [0.15, 0.2) is 78.0 Å². The van der Waals surface area contributed by atoms with Crippen molar-refractivity contribution < 1.29 is 4.79 Å². The van der Waals surface area contributed by atoms with Crippen LogP contribution in [-0.4, -0.2) is 23.2 Å². The molecular weight excluding hydrogens is 354 g/mol. The number of benzene rings is 2. The summed E-state index contributed by atoms with van der Waals surface area (Å²) in [6.45, 7) is 2.31. The first kappa shape index (κ1) is 17.6. The molecule has 0 atom stereocenters. The Morgan fingerprint density at radius 1 is 1.07 bits per heavy atom. The van der Waals surface area contributed by atoms with Crippen LogP contribution in [0.4, 0.5) is 5.69 Å². The molecule has 0 radical (unpaired) electrons. The molecule has 0 fully saturated rings. The number of hydrogen-bond acceptors (Lipinski definition) is 4. The fourth-order valence-electron chi connectivity index (χ4n) is 3.17. The van der Waals surface area contributed by atoms with Crippen molar-refractivity contribution in [2.75, 3.05) is 17.2 Å². The van der Waals surface area contributed by atoms with Gasteiger partial charge in [0.05, 0.1) is 5.69 Å². The highest BCUT2D eigenvalue weighted by atomic mass is 32.2. The van der Waals surface area contributed by atoms with Gasteiger partial charge in [0.25, 0.3) is 5.91 Å². The largest absolute Gasteiger partial charge is 0.365 e. The lowest BCUT2D eigenvalue weighted by Crippen LogP contribution is -2.29. The number of carbonyl (C=O) groups excluding carboxylic acids is 1. The Bertz CT molecular complexity index is 915. The lowest BCUT2D eigenvalue weighted by molar-refractivity contribution is 0.0951. The summed E-state index contributed by atoms with van der Waals surface area (Å²) >= 11 is 1.85. The van der Waals surface area contributed by atoms with E-state index in [-0.39, 0.29) is 5.91 Å². The van der Waals surface area contributed by atoms with E-state index in [0.29, 0.717) is 12.1 Å². The van der Waals surface area contributed by atoms with Gasteiger partial charge in [0.15, 0.2) is 0 Å². The summed E-state index contributed by atoms with van der Waals surface area (Å²) in [7, 11) is 0. The van der Waals surface area contributed by atoms with Crippen molar-refractivity contribution in [2.45, 2.75) is 18.0 Å². The molecule has 4 rings (SSSR count). The zero-order valence-corrected chi connectivity index (χ0v) is 15.8. The molecule has 0 unspecified atom stereocenters. The monoisotopic (exact) mass is 375 g/mol. The van der Waals surface area contributed by atoms with Crippen LogP contribution < -0.4 is 10.2 Å². The standard InChI is InChI=1S/C22H21N3OS/c26-22(24-15-18-7-4-10-23-14-18)19-8-9-21-20(13-19)25(11-12-27-21)16-17-5-2-1-3-6-17/h1-10,13-14H,11-12,15-16H2,(H,24,26). The molecule has 1 aliphatic heterocycles. The molecule has 0 bridgehead atoms. The third-order valence-corrected chi connectivity index (χ3v) is 5.62. The molecule has 27 heavy (non-hydrogen) atoms. The van der Waals surface area contributed by atoms with Crippen molar-refractivity contribution in [1.29, 1.82) is 0 Å². The van der Waals surface area contributed by atoms with Crippen LogP contribution in [-0.2, 0) is 13.1 Å². The predicted octanol–water partition coefficient (Wildman–Crippen LogP) is 4.12. The summed E-state index contributed by atoms with van der Waals surface area (Å²) in [4.78, 5) is 20.3. The van der Waals surface area contributed by atoms with Crippen molar-refractivity contribution in [2.24, 2.45) is 0 Å². The number of carbonyl (C=O) groups is 1. The van der Waals surface area contributed by atoms with Gasteiger partial charge >= 0.3 is 0 Å². The molecule has 136 valence electrons. The van der Waals surface area contributed by atoms with Gasteiger partial charge in [0.1, 0.15) is 0 Å². The number of thioether (sulfide) groups is 1. The summed E-state index contributed by atoms with van der Waals surface area (Å²) < 4.78 is 0. The number of fused-ring (bicyclic) bond motifs is 1. The maximum atomic E-state index is 12.6. The first-order valence-corrected chi connectivity index (χ1v) is 10.0. The van der Waals surface area contributed by atoms with E-state index in [0.717, 1.165) is 30.1 Å². The molecule has 4 nitrogen and oxygen atoms in total. The van der Waals surface area contributed by atoms with E-state index in [1.165, 1.54) is 10.5 Å². The molecule has 1 N–H and O–H groups in total. The SMILES string of the molecule is O=C(NCc1cccnc1)c1ccc2c(c1)N(Cc1ccccc1)CCS2. The highest BCUT2D eigenvalue weighted by Crippen LogP contribution is 2.36. The van der Waals surface area contributed by atoms with Crippen molar-refractivity contribution in [1.82, 2.24) is 10.3 Å². The molecule has 1 amide bonds. The van der Waals surface area contributed by atoms with E-state index in [1.807, 2.05) is 42.1 Å². The number of nitrogens with zero attached hydrogens (tertiary/aromatic N) is 2. The number of pyridine rings is 1. The molecule has 0 saturated carbocycles. The predicted molar refractivity (Wildman–Crippen MR) is 110 cm³/mol. The van der Waals surface area contributed by atoms with Gasteiger partial charge in [-0.05, 0) is 35.4 Å². The smallest absolute Gasteiger partial charge is 0.251 e. The van der Waals surface area contributed by atoms with E-state index < -0.39 is 0 Å². The van der Waals surface area contributed by atoms with Gasteiger partial charge in [-0.15, -0.1) is 11.8 Å². The molecule has 3 aromatic rings. The Kier molecular flexibility index (Phi) is 5.39. The minimum atomic E-state index is -0.0584. The van der Waals surface area contributed by atoms with Gasteiger partial charge in [0.2, 0.25) is 0 Å². The maximum absolute atomic E-state index is 12.6. The Morgan fingerprint density at radius 3 is 2.74 bits per heavy atom. The third-order valence-electron chi connectivity index (χ3n) is 4.57. The van der Waals surface area contributed by atoms with Gasteiger partial charge in [0, 0.05) is 48.2 Å². The van der Waals surface area contributed by atoms with Crippen molar-refractivity contribution in [3.63, 3.8) is 0 Å². The van der Waals surface area contributed by atoms with Crippen LogP contribution >= 0.6 is 11.8 Å². The maximum Gasteiger partial charge on any atom is 0.251 e. The average Bonchev–Trinajstić information content (AvgIpc) is 2.73. The van der Waals surface area contributed by atoms with Gasteiger partial charge < -0.3 is 10.2 Å². The molecule has 0 aliphatic carbocycles. The summed E-state index contributed by atoms with van der Waals surface area (Å²) in [6.07, 6.45) is 3.50. The Labute approximate surface area is 163 Å². The lowest BCUT2D eigenvalue weighted by atomic mass is 10.1. The first-order chi connectivity index (χ1) is 13.3. The van der Waals surface area contributed by atoms with Crippen molar-refractivity contribution in [3.05, 3.63) is 89.7 Å². The van der Waals surface area contributed by atoms with E-state index in [9.17, 15) is 4.79 Å². The number of hydrogen-bond donors (Lipinski definition) is 1. The van der Waals surface area contributed by atoms with Crippen LogP contribution in [0, 0.1) is 0 Å². The molecular formula is C22H21N3OS. The summed E-state index contributed by atoms with van der Waals surface area (Å²) in [5.41, 5.74) is 4.11. The molecule has 1 aliphatic rings. The second kappa shape index (κ2) is 8.27.